The van der Waals surface area contributed by atoms with Gasteiger partial charge in [-0.1, -0.05) is 12.8 Å². The molecule has 4 nitrogen and oxygen atoms in total. The van der Waals surface area contributed by atoms with Gasteiger partial charge in [-0.15, -0.1) is 0 Å². The van der Waals surface area contributed by atoms with Gasteiger partial charge < -0.3 is 10.2 Å². The van der Waals surface area contributed by atoms with Gasteiger partial charge in [0.1, 0.15) is 11.6 Å². The molecule has 2 saturated heterocycles. The van der Waals surface area contributed by atoms with E-state index in [9.17, 15) is 9.59 Å². The van der Waals surface area contributed by atoms with Crippen LogP contribution in [-0.4, -0.2) is 34.8 Å². The van der Waals surface area contributed by atoms with E-state index in [0.717, 1.165) is 45.1 Å². The van der Waals surface area contributed by atoms with Crippen molar-refractivity contribution in [3.8, 4) is 0 Å². The number of piperazine rings is 1. The van der Waals surface area contributed by atoms with Gasteiger partial charge in [-0.25, -0.2) is 0 Å². The second-order valence-corrected chi connectivity index (χ2v) is 4.94. The van der Waals surface area contributed by atoms with Gasteiger partial charge in [0.05, 0.1) is 0 Å². The van der Waals surface area contributed by atoms with Gasteiger partial charge in [0, 0.05) is 6.54 Å². The highest BCUT2D eigenvalue weighted by molar-refractivity contribution is 6.00. The number of carbonyl (C=O) groups is 2. The lowest BCUT2D eigenvalue weighted by atomic mass is 9.91. The lowest BCUT2D eigenvalue weighted by Gasteiger charge is -2.41. The van der Waals surface area contributed by atoms with Crippen LogP contribution in [0.1, 0.15) is 38.5 Å². The zero-order valence-electron chi connectivity index (χ0n) is 8.79. The van der Waals surface area contributed by atoms with Gasteiger partial charge in [0.2, 0.25) is 11.8 Å². The van der Waals surface area contributed by atoms with Crippen LogP contribution in [-0.2, 0) is 9.59 Å². The fraction of sp³-hybridized carbons (Fsp3) is 0.818. The predicted molar refractivity (Wildman–Crippen MR) is 54.1 cm³/mol. The van der Waals surface area contributed by atoms with Crippen molar-refractivity contribution >= 4 is 11.8 Å². The van der Waals surface area contributed by atoms with E-state index in [4.69, 9.17) is 0 Å². The molecular formula is C11H16N2O2. The summed E-state index contributed by atoms with van der Waals surface area (Å²) < 4.78 is 0. The molecule has 0 bridgehead atoms. The molecule has 1 N–H and O–H groups in total. The molecule has 0 aromatic heterocycles. The minimum atomic E-state index is -0.516. The second kappa shape index (κ2) is 2.97. The van der Waals surface area contributed by atoms with Gasteiger partial charge >= 0.3 is 0 Å². The van der Waals surface area contributed by atoms with Crippen LogP contribution in [0.4, 0.5) is 0 Å². The first-order chi connectivity index (χ1) is 7.23. The molecule has 3 rings (SSSR count). The summed E-state index contributed by atoms with van der Waals surface area (Å²) in [5.41, 5.74) is -0.516. The molecular weight excluding hydrogens is 192 g/mol. The van der Waals surface area contributed by atoms with Gasteiger partial charge in [-0.3, -0.25) is 9.59 Å². The Hall–Kier alpha value is -1.06. The maximum Gasteiger partial charge on any atom is 0.249 e. The van der Waals surface area contributed by atoms with E-state index >= 15 is 0 Å². The first kappa shape index (κ1) is 9.19. The van der Waals surface area contributed by atoms with E-state index in [1.807, 2.05) is 4.90 Å². The summed E-state index contributed by atoms with van der Waals surface area (Å²) in [6.07, 6.45) is 5.60. The molecule has 1 spiro atoms. The highest BCUT2D eigenvalue weighted by Gasteiger charge is 2.52. The van der Waals surface area contributed by atoms with Crippen molar-refractivity contribution in [2.24, 2.45) is 0 Å². The van der Waals surface area contributed by atoms with Crippen molar-refractivity contribution in [3.63, 3.8) is 0 Å². The number of fused-ring (bicyclic) bond motifs is 1. The van der Waals surface area contributed by atoms with Crippen LogP contribution in [0.2, 0.25) is 0 Å². The predicted octanol–water partition coefficient (Wildman–Crippen LogP) is 0.420. The topological polar surface area (TPSA) is 49.4 Å². The third-order valence-corrected chi connectivity index (χ3v) is 4.05. The van der Waals surface area contributed by atoms with Gasteiger partial charge in [0.25, 0.3) is 0 Å². The SMILES string of the molecule is O=C1NC2(CCCC2)C(=O)N2CCCC12. The Morgan fingerprint density at radius 1 is 1.20 bits per heavy atom. The van der Waals surface area contributed by atoms with Crippen LogP contribution < -0.4 is 5.32 Å². The van der Waals surface area contributed by atoms with Crippen molar-refractivity contribution in [3.05, 3.63) is 0 Å². The first-order valence-electron chi connectivity index (χ1n) is 5.86. The van der Waals surface area contributed by atoms with Crippen LogP contribution >= 0.6 is 0 Å². The van der Waals surface area contributed by atoms with E-state index in [0.29, 0.717) is 0 Å². The Labute approximate surface area is 89.0 Å². The third kappa shape index (κ3) is 1.13. The average molecular weight is 208 g/mol. The average Bonchev–Trinajstić information content (AvgIpc) is 2.83. The maximum atomic E-state index is 12.3. The largest absolute Gasteiger partial charge is 0.340 e. The summed E-state index contributed by atoms with van der Waals surface area (Å²) in [7, 11) is 0. The van der Waals surface area contributed by atoms with Gasteiger partial charge in [-0.2, -0.15) is 0 Å². The highest BCUT2D eigenvalue weighted by Crippen LogP contribution is 2.36. The molecule has 0 aromatic carbocycles. The fourth-order valence-electron chi connectivity index (χ4n) is 3.25. The van der Waals surface area contributed by atoms with E-state index in [1.54, 1.807) is 0 Å². The molecule has 2 aliphatic heterocycles. The van der Waals surface area contributed by atoms with Crippen LogP contribution in [0.25, 0.3) is 0 Å². The highest BCUT2D eigenvalue weighted by atomic mass is 16.2. The van der Waals surface area contributed by atoms with Crippen molar-refractivity contribution in [1.82, 2.24) is 10.2 Å². The molecule has 4 heteroatoms. The molecule has 15 heavy (non-hydrogen) atoms. The molecule has 1 unspecified atom stereocenters. The van der Waals surface area contributed by atoms with Crippen molar-refractivity contribution in [2.45, 2.75) is 50.1 Å². The summed E-state index contributed by atoms with van der Waals surface area (Å²) in [5, 5.41) is 2.98. The molecule has 0 radical (unpaired) electrons. The maximum absolute atomic E-state index is 12.3. The minimum Gasteiger partial charge on any atom is -0.340 e. The summed E-state index contributed by atoms with van der Waals surface area (Å²) in [5.74, 6) is 0.260. The van der Waals surface area contributed by atoms with Crippen molar-refractivity contribution in [2.75, 3.05) is 6.54 Å². The molecule has 3 fully saturated rings. The standard InChI is InChI=1S/C11H16N2O2/c14-9-8-4-3-7-13(8)10(15)11(12-9)5-1-2-6-11/h8H,1-7H2,(H,12,14). The van der Waals surface area contributed by atoms with Crippen LogP contribution in [0.5, 0.6) is 0 Å². The third-order valence-electron chi connectivity index (χ3n) is 4.05. The number of hydrogen-bond acceptors (Lipinski definition) is 2. The normalized spacial score (nSPS) is 33.3. The zero-order valence-corrected chi connectivity index (χ0v) is 8.79. The lowest BCUT2D eigenvalue weighted by Crippen LogP contribution is -2.67. The summed E-state index contributed by atoms with van der Waals surface area (Å²) in [6, 6.07) is -0.163. The minimum absolute atomic E-state index is 0.0778. The molecule has 3 aliphatic rings. The summed E-state index contributed by atoms with van der Waals surface area (Å²) in [4.78, 5) is 26.0. The number of hydrogen-bond donors (Lipinski definition) is 1. The zero-order chi connectivity index (χ0) is 10.5. The molecule has 2 heterocycles. The Morgan fingerprint density at radius 2 is 1.93 bits per heavy atom. The number of rotatable bonds is 0. The molecule has 82 valence electrons. The molecule has 1 aliphatic carbocycles. The summed E-state index contributed by atoms with van der Waals surface area (Å²) >= 11 is 0. The molecule has 0 aromatic rings. The van der Waals surface area contributed by atoms with Gasteiger partial charge in [-0.05, 0) is 25.7 Å². The fourth-order valence-corrected chi connectivity index (χ4v) is 3.25. The van der Waals surface area contributed by atoms with E-state index in [2.05, 4.69) is 5.32 Å². The Bertz CT molecular complexity index is 321. The van der Waals surface area contributed by atoms with Crippen LogP contribution in [0.3, 0.4) is 0 Å². The van der Waals surface area contributed by atoms with Crippen LogP contribution in [0, 0.1) is 0 Å². The second-order valence-electron chi connectivity index (χ2n) is 4.94. The number of nitrogens with one attached hydrogen (secondary N) is 1. The lowest BCUT2D eigenvalue weighted by molar-refractivity contribution is -0.152. The van der Waals surface area contributed by atoms with E-state index in [1.165, 1.54) is 0 Å². The van der Waals surface area contributed by atoms with Crippen LogP contribution in [0.15, 0.2) is 0 Å². The summed E-state index contributed by atoms with van der Waals surface area (Å²) in [6.45, 7) is 0.776. The molecule has 1 atom stereocenters. The van der Waals surface area contributed by atoms with E-state index < -0.39 is 5.54 Å². The molecule has 2 amide bonds. The van der Waals surface area contributed by atoms with Crippen molar-refractivity contribution in [1.29, 1.82) is 0 Å². The quantitative estimate of drug-likeness (QED) is 0.627. The first-order valence-corrected chi connectivity index (χ1v) is 5.86. The smallest absolute Gasteiger partial charge is 0.249 e. The van der Waals surface area contributed by atoms with E-state index in [-0.39, 0.29) is 17.9 Å². The monoisotopic (exact) mass is 208 g/mol. The van der Waals surface area contributed by atoms with Gasteiger partial charge in [0.15, 0.2) is 0 Å². The number of nitrogens with zero attached hydrogens (tertiary/aromatic N) is 1. The van der Waals surface area contributed by atoms with Crippen molar-refractivity contribution < 1.29 is 9.59 Å². The number of amides is 2. The number of carbonyl (C=O) groups excluding carboxylic acids is 2. The Kier molecular flexibility index (Phi) is 1.82. The molecule has 1 saturated carbocycles. The Balaban J connectivity index is 1.94. The Morgan fingerprint density at radius 3 is 2.67 bits per heavy atom.